The highest BCUT2D eigenvalue weighted by atomic mass is 14.9. The molecule has 1 N–H and O–H groups in total. The van der Waals surface area contributed by atoms with Crippen LogP contribution in [-0.4, -0.2) is 0 Å². The topological polar surface area (TPSA) is 12.0 Å². The van der Waals surface area contributed by atoms with E-state index in [9.17, 15) is 0 Å². The van der Waals surface area contributed by atoms with Crippen LogP contribution in [0.25, 0.3) is 0 Å². The van der Waals surface area contributed by atoms with Gasteiger partial charge in [-0.3, -0.25) is 0 Å². The lowest BCUT2D eigenvalue weighted by atomic mass is 10.1. The van der Waals surface area contributed by atoms with Crippen LogP contribution in [0.15, 0.2) is 42.5 Å². The zero-order chi connectivity index (χ0) is 13.0. The summed E-state index contributed by atoms with van der Waals surface area (Å²) in [5.41, 5.74) is 6.62. The van der Waals surface area contributed by atoms with Crippen molar-refractivity contribution in [1.82, 2.24) is 0 Å². The van der Waals surface area contributed by atoms with Crippen LogP contribution >= 0.6 is 0 Å². The van der Waals surface area contributed by atoms with Crippen LogP contribution in [0, 0.1) is 13.8 Å². The Morgan fingerprint density at radius 2 is 1.83 bits per heavy atom. The van der Waals surface area contributed by atoms with Crippen molar-refractivity contribution in [2.45, 2.75) is 33.7 Å². The minimum atomic E-state index is 0.888. The smallest absolute Gasteiger partial charge is 0.0403 e. The quantitative estimate of drug-likeness (QED) is 0.829. The molecule has 0 radical (unpaired) electrons. The summed E-state index contributed by atoms with van der Waals surface area (Å²) in [5.74, 6) is 0. The van der Waals surface area contributed by atoms with Crippen LogP contribution in [0.1, 0.15) is 29.2 Å². The largest absolute Gasteiger partial charge is 0.381 e. The SMILES string of the molecule is CCc1cccc(NCc2ccc(C)cc2C)c1. The van der Waals surface area contributed by atoms with Gasteiger partial charge in [-0.2, -0.15) is 0 Å². The first-order valence-corrected chi connectivity index (χ1v) is 6.58. The van der Waals surface area contributed by atoms with Crippen LogP contribution in [0.5, 0.6) is 0 Å². The van der Waals surface area contributed by atoms with Gasteiger partial charge in [-0.25, -0.2) is 0 Å². The van der Waals surface area contributed by atoms with Crippen molar-refractivity contribution < 1.29 is 0 Å². The first kappa shape index (κ1) is 12.7. The van der Waals surface area contributed by atoms with E-state index in [0.717, 1.165) is 13.0 Å². The molecular formula is C17H21N. The summed E-state index contributed by atoms with van der Waals surface area (Å²) in [6.45, 7) is 7.38. The molecule has 0 unspecified atom stereocenters. The molecule has 0 aliphatic heterocycles. The minimum Gasteiger partial charge on any atom is -0.381 e. The van der Waals surface area contributed by atoms with Crippen molar-refractivity contribution in [3.05, 3.63) is 64.7 Å². The molecule has 0 fully saturated rings. The Morgan fingerprint density at radius 1 is 1.00 bits per heavy atom. The van der Waals surface area contributed by atoms with Gasteiger partial charge in [0.25, 0.3) is 0 Å². The van der Waals surface area contributed by atoms with Crippen molar-refractivity contribution in [2.24, 2.45) is 0 Å². The highest BCUT2D eigenvalue weighted by molar-refractivity contribution is 5.47. The summed E-state index contributed by atoms with van der Waals surface area (Å²) in [7, 11) is 0. The van der Waals surface area contributed by atoms with Gasteiger partial charge in [-0.15, -0.1) is 0 Å². The van der Waals surface area contributed by atoms with Crippen molar-refractivity contribution in [2.75, 3.05) is 5.32 Å². The Kier molecular flexibility index (Phi) is 4.03. The van der Waals surface area contributed by atoms with Gasteiger partial charge >= 0.3 is 0 Å². The summed E-state index contributed by atoms with van der Waals surface area (Å²) in [5, 5.41) is 3.50. The first-order chi connectivity index (χ1) is 8.69. The molecule has 0 aliphatic carbocycles. The third-order valence-electron chi connectivity index (χ3n) is 3.32. The van der Waals surface area contributed by atoms with E-state index in [2.05, 4.69) is 68.6 Å². The predicted octanol–water partition coefficient (Wildman–Crippen LogP) is 4.48. The molecule has 2 aromatic carbocycles. The monoisotopic (exact) mass is 239 g/mol. The number of hydrogen-bond acceptors (Lipinski definition) is 1. The fourth-order valence-electron chi connectivity index (χ4n) is 2.14. The first-order valence-electron chi connectivity index (χ1n) is 6.58. The Hall–Kier alpha value is -1.76. The summed E-state index contributed by atoms with van der Waals surface area (Å²) in [6, 6.07) is 15.3. The second-order valence-electron chi connectivity index (χ2n) is 4.84. The van der Waals surface area contributed by atoms with Gasteiger partial charge in [0.05, 0.1) is 0 Å². The molecule has 18 heavy (non-hydrogen) atoms. The average Bonchev–Trinajstić information content (AvgIpc) is 2.38. The number of hydrogen-bond donors (Lipinski definition) is 1. The highest BCUT2D eigenvalue weighted by Crippen LogP contribution is 2.15. The number of nitrogens with one attached hydrogen (secondary N) is 1. The fourth-order valence-corrected chi connectivity index (χ4v) is 2.14. The van der Waals surface area contributed by atoms with E-state index in [1.807, 2.05) is 0 Å². The standard InChI is InChI=1S/C17H21N/c1-4-15-6-5-7-17(11-15)18-12-16-9-8-13(2)10-14(16)3/h5-11,18H,4,12H2,1-3H3. The van der Waals surface area contributed by atoms with Crippen LogP contribution < -0.4 is 5.32 Å². The molecule has 94 valence electrons. The zero-order valence-electron chi connectivity index (χ0n) is 11.5. The van der Waals surface area contributed by atoms with Crippen molar-refractivity contribution in [1.29, 1.82) is 0 Å². The van der Waals surface area contributed by atoms with Crippen LogP contribution in [0.4, 0.5) is 5.69 Å². The second-order valence-corrected chi connectivity index (χ2v) is 4.84. The Morgan fingerprint density at radius 3 is 2.56 bits per heavy atom. The number of rotatable bonds is 4. The summed E-state index contributed by atoms with van der Waals surface area (Å²) in [4.78, 5) is 0. The maximum absolute atomic E-state index is 3.50. The number of aryl methyl sites for hydroxylation is 3. The second kappa shape index (κ2) is 5.72. The van der Waals surface area contributed by atoms with Gasteiger partial charge in [0, 0.05) is 12.2 Å². The van der Waals surface area contributed by atoms with Gasteiger partial charge in [-0.05, 0) is 49.1 Å². The minimum absolute atomic E-state index is 0.888. The van der Waals surface area contributed by atoms with Crippen LogP contribution in [0.3, 0.4) is 0 Å². The van der Waals surface area contributed by atoms with Gasteiger partial charge in [0.1, 0.15) is 0 Å². The maximum Gasteiger partial charge on any atom is 0.0403 e. The Balaban J connectivity index is 2.06. The van der Waals surface area contributed by atoms with Crippen molar-refractivity contribution in [3.63, 3.8) is 0 Å². The van der Waals surface area contributed by atoms with Gasteiger partial charge < -0.3 is 5.32 Å². The molecule has 2 rings (SSSR count). The van der Waals surface area contributed by atoms with Gasteiger partial charge in [0.2, 0.25) is 0 Å². The van der Waals surface area contributed by atoms with E-state index < -0.39 is 0 Å². The molecule has 0 aromatic heterocycles. The molecular weight excluding hydrogens is 218 g/mol. The predicted molar refractivity (Wildman–Crippen MR) is 79.1 cm³/mol. The van der Waals surface area contributed by atoms with Crippen molar-refractivity contribution >= 4 is 5.69 Å². The number of benzene rings is 2. The molecule has 2 aromatic rings. The van der Waals surface area contributed by atoms with Crippen molar-refractivity contribution in [3.8, 4) is 0 Å². The average molecular weight is 239 g/mol. The van der Waals surface area contributed by atoms with Gasteiger partial charge in [-0.1, -0.05) is 42.8 Å². The van der Waals surface area contributed by atoms with E-state index in [4.69, 9.17) is 0 Å². The third-order valence-corrected chi connectivity index (χ3v) is 3.32. The molecule has 0 atom stereocenters. The summed E-state index contributed by atoms with van der Waals surface area (Å²) < 4.78 is 0. The molecule has 1 nitrogen and oxygen atoms in total. The van der Waals surface area contributed by atoms with E-state index in [1.165, 1.54) is 27.9 Å². The Bertz CT molecular complexity index is 529. The molecule has 0 amide bonds. The van der Waals surface area contributed by atoms with E-state index >= 15 is 0 Å². The lowest BCUT2D eigenvalue weighted by Gasteiger charge is -2.10. The van der Waals surface area contributed by atoms with Crippen LogP contribution in [0.2, 0.25) is 0 Å². The summed E-state index contributed by atoms with van der Waals surface area (Å²) >= 11 is 0. The highest BCUT2D eigenvalue weighted by Gasteiger charge is 1.99. The summed E-state index contributed by atoms with van der Waals surface area (Å²) in [6.07, 6.45) is 1.08. The molecule has 1 heteroatoms. The molecule has 0 aliphatic rings. The lowest BCUT2D eigenvalue weighted by Crippen LogP contribution is -2.01. The normalized spacial score (nSPS) is 10.4. The Labute approximate surface area is 110 Å². The van der Waals surface area contributed by atoms with E-state index in [1.54, 1.807) is 0 Å². The molecule has 0 heterocycles. The fraction of sp³-hybridized carbons (Fsp3) is 0.294. The van der Waals surface area contributed by atoms with Gasteiger partial charge in [0.15, 0.2) is 0 Å². The zero-order valence-corrected chi connectivity index (χ0v) is 11.5. The van der Waals surface area contributed by atoms with E-state index in [-0.39, 0.29) is 0 Å². The molecule has 0 spiro atoms. The third kappa shape index (κ3) is 3.13. The lowest BCUT2D eigenvalue weighted by molar-refractivity contribution is 1.10. The molecule has 0 saturated heterocycles. The number of anilines is 1. The van der Waals surface area contributed by atoms with Crippen LogP contribution in [-0.2, 0) is 13.0 Å². The molecule has 0 bridgehead atoms. The molecule has 0 saturated carbocycles. The maximum atomic E-state index is 3.50. The van der Waals surface area contributed by atoms with E-state index in [0.29, 0.717) is 0 Å².